The van der Waals surface area contributed by atoms with Gasteiger partial charge in [-0.05, 0) is 38.0 Å². The first-order valence-corrected chi connectivity index (χ1v) is 6.49. The monoisotopic (exact) mass is 266 g/mol. The summed E-state index contributed by atoms with van der Waals surface area (Å²) in [6.07, 6.45) is 0.756. The topological polar surface area (TPSA) is 47.3 Å². The van der Waals surface area contributed by atoms with E-state index in [-0.39, 0.29) is 6.61 Å². The van der Waals surface area contributed by atoms with E-state index in [1.165, 1.54) is 0 Å². The lowest BCUT2D eigenvalue weighted by Crippen LogP contribution is -2.31. The second kappa shape index (κ2) is 7.38. The second-order valence-electron chi connectivity index (χ2n) is 4.56. The Morgan fingerprint density at radius 3 is 2.67 bits per heavy atom. The van der Waals surface area contributed by atoms with Gasteiger partial charge in [0.25, 0.3) is 0 Å². The number of nitriles is 1. The zero-order valence-corrected chi connectivity index (χ0v) is 11.6. The molecule has 1 N–H and O–H groups in total. The van der Waals surface area contributed by atoms with Gasteiger partial charge in [0.2, 0.25) is 0 Å². The van der Waals surface area contributed by atoms with Gasteiger partial charge in [0.15, 0.2) is 0 Å². The summed E-state index contributed by atoms with van der Waals surface area (Å²) in [5.41, 5.74) is 1.59. The van der Waals surface area contributed by atoms with Crippen LogP contribution in [0, 0.1) is 11.3 Å². The fourth-order valence-electron chi connectivity index (χ4n) is 1.76. The summed E-state index contributed by atoms with van der Waals surface area (Å²) in [6.45, 7) is 6.01. The van der Waals surface area contributed by atoms with Crippen molar-refractivity contribution in [1.29, 1.82) is 5.26 Å². The molecule has 0 unspecified atom stereocenters. The van der Waals surface area contributed by atoms with E-state index in [0.717, 1.165) is 25.1 Å². The van der Waals surface area contributed by atoms with Crippen molar-refractivity contribution in [3.63, 3.8) is 0 Å². The van der Waals surface area contributed by atoms with Crippen molar-refractivity contribution in [2.24, 2.45) is 0 Å². The molecule has 1 rings (SSSR count). The minimum absolute atomic E-state index is 0.199. The summed E-state index contributed by atoms with van der Waals surface area (Å²) in [7, 11) is 0. The largest absolute Gasteiger partial charge is 0.396 e. The van der Waals surface area contributed by atoms with Crippen LogP contribution in [0.1, 0.15) is 31.4 Å². The summed E-state index contributed by atoms with van der Waals surface area (Å²) in [4.78, 5) is 2.25. The minimum Gasteiger partial charge on any atom is -0.396 e. The molecule has 18 heavy (non-hydrogen) atoms. The molecule has 1 aromatic carbocycles. The molecule has 0 aliphatic rings. The Morgan fingerprint density at radius 2 is 2.17 bits per heavy atom. The third kappa shape index (κ3) is 4.30. The van der Waals surface area contributed by atoms with E-state index in [0.29, 0.717) is 16.6 Å². The van der Waals surface area contributed by atoms with Crippen LogP contribution >= 0.6 is 11.6 Å². The van der Waals surface area contributed by atoms with Crippen molar-refractivity contribution >= 4 is 11.6 Å². The first-order valence-electron chi connectivity index (χ1n) is 6.12. The van der Waals surface area contributed by atoms with Gasteiger partial charge < -0.3 is 5.11 Å². The first-order chi connectivity index (χ1) is 8.58. The third-order valence-corrected chi connectivity index (χ3v) is 3.24. The summed E-state index contributed by atoms with van der Waals surface area (Å²) in [6, 6.07) is 7.84. The molecule has 98 valence electrons. The van der Waals surface area contributed by atoms with Gasteiger partial charge in [-0.3, -0.25) is 4.90 Å². The molecule has 0 saturated carbocycles. The van der Waals surface area contributed by atoms with Crippen LogP contribution in [0.4, 0.5) is 0 Å². The van der Waals surface area contributed by atoms with Crippen molar-refractivity contribution in [2.45, 2.75) is 32.9 Å². The van der Waals surface area contributed by atoms with E-state index in [9.17, 15) is 0 Å². The predicted octanol–water partition coefficient (Wildman–Crippen LogP) is 2.80. The highest BCUT2D eigenvalue weighted by Crippen LogP contribution is 2.20. The van der Waals surface area contributed by atoms with Gasteiger partial charge >= 0.3 is 0 Å². The molecule has 0 heterocycles. The SMILES string of the molecule is CC(C)N(CCCO)Cc1ccc(C#N)cc1Cl. The number of aliphatic hydroxyl groups is 1. The molecule has 0 bridgehead atoms. The van der Waals surface area contributed by atoms with Gasteiger partial charge in [-0.25, -0.2) is 0 Å². The lowest BCUT2D eigenvalue weighted by Gasteiger charge is -2.26. The molecule has 3 nitrogen and oxygen atoms in total. The average Bonchev–Trinajstić information content (AvgIpc) is 2.35. The van der Waals surface area contributed by atoms with Crippen LogP contribution in [-0.4, -0.2) is 29.2 Å². The molecule has 4 heteroatoms. The summed E-state index contributed by atoms with van der Waals surface area (Å²) in [5.74, 6) is 0. The number of hydrogen-bond donors (Lipinski definition) is 1. The summed E-state index contributed by atoms with van der Waals surface area (Å²) >= 11 is 6.16. The predicted molar refractivity (Wildman–Crippen MR) is 73.4 cm³/mol. The molecule has 1 aromatic rings. The van der Waals surface area contributed by atoms with Crippen LogP contribution in [0.3, 0.4) is 0 Å². The maximum absolute atomic E-state index is 8.90. The van der Waals surface area contributed by atoms with Crippen molar-refractivity contribution < 1.29 is 5.11 Å². The number of aliphatic hydroxyl groups excluding tert-OH is 1. The van der Waals surface area contributed by atoms with Gasteiger partial charge in [-0.1, -0.05) is 17.7 Å². The van der Waals surface area contributed by atoms with Crippen LogP contribution in [0.25, 0.3) is 0 Å². The quantitative estimate of drug-likeness (QED) is 0.861. The van der Waals surface area contributed by atoms with E-state index < -0.39 is 0 Å². The van der Waals surface area contributed by atoms with E-state index in [1.54, 1.807) is 12.1 Å². The van der Waals surface area contributed by atoms with Gasteiger partial charge in [-0.15, -0.1) is 0 Å². The van der Waals surface area contributed by atoms with E-state index >= 15 is 0 Å². The number of benzene rings is 1. The van der Waals surface area contributed by atoms with Gasteiger partial charge in [0.1, 0.15) is 0 Å². The zero-order valence-electron chi connectivity index (χ0n) is 10.9. The molecule has 0 aliphatic heterocycles. The van der Waals surface area contributed by atoms with Crippen molar-refractivity contribution in [2.75, 3.05) is 13.2 Å². The van der Waals surface area contributed by atoms with Gasteiger partial charge in [0, 0.05) is 30.8 Å². The van der Waals surface area contributed by atoms with Crippen LogP contribution in [0.5, 0.6) is 0 Å². The smallest absolute Gasteiger partial charge is 0.0992 e. The Bertz CT molecular complexity index is 426. The van der Waals surface area contributed by atoms with Crippen LogP contribution in [0.2, 0.25) is 5.02 Å². The second-order valence-corrected chi connectivity index (χ2v) is 4.97. The number of hydrogen-bond acceptors (Lipinski definition) is 3. The molecular weight excluding hydrogens is 248 g/mol. The molecule has 0 atom stereocenters. The molecule has 0 saturated heterocycles. The summed E-state index contributed by atoms with van der Waals surface area (Å²) < 4.78 is 0. The lowest BCUT2D eigenvalue weighted by molar-refractivity contribution is 0.185. The van der Waals surface area contributed by atoms with E-state index in [1.807, 2.05) is 6.07 Å². The third-order valence-electron chi connectivity index (χ3n) is 2.89. The van der Waals surface area contributed by atoms with Gasteiger partial charge in [-0.2, -0.15) is 5.26 Å². The first kappa shape index (κ1) is 15.0. The Morgan fingerprint density at radius 1 is 1.44 bits per heavy atom. The highest BCUT2D eigenvalue weighted by molar-refractivity contribution is 6.31. The normalized spacial score (nSPS) is 10.9. The van der Waals surface area contributed by atoms with Crippen LogP contribution in [0.15, 0.2) is 18.2 Å². The van der Waals surface area contributed by atoms with E-state index in [4.69, 9.17) is 22.0 Å². The molecule has 0 radical (unpaired) electrons. The summed E-state index contributed by atoms with van der Waals surface area (Å²) in [5, 5.41) is 18.3. The van der Waals surface area contributed by atoms with E-state index in [2.05, 4.69) is 24.8 Å². The average molecular weight is 267 g/mol. The highest BCUT2D eigenvalue weighted by atomic mass is 35.5. The maximum Gasteiger partial charge on any atom is 0.0992 e. The van der Waals surface area contributed by atoms with Gasteiger partial charge in [0.05, 0.1) is 11.6 Å². The minimum atomic E-state index is 0.199. The van der Waals surface area contributed by atoms with Crippen LogP contribution in [-0.2, 0) is 6.54 Å². The fourth-order valence-corrected chi connectivity index (χ4v) is 2.00. The standard InChI is InChI=1S/C14H19ClN2O/c1-11(2)17(6-3-7-18)10-13-5-4-12(9-16)8-14(13)15/h4-5,8,11,18H,3,6-7,10H2,1-2H3. The molecule has 0 spiro atoms. The van der Waals surface area contributed by atoms with Crippen LogP contribution < -0.4 is 0 Å². The zero-order chi connectivity index (χ0) is 13.5. The Hall–Kier alpha value is -1.08. The number of nitrogens with zero attached hydrogens (tertiary/aromatic N) is 2. The number of rotatable bonds is 6. The molecule has 0 amide bonds. The highest BCUT2D eigenvalue weighted by Gasteiger charge is 2.12. The molecule has 0 aliphatic carbocycles. The van der Waals surface area contributed by atoms with Crippen molar-refractivity contribution in [3.05, 3.63) is 34.3 Å². The van der Waals surface area contributed by atoms with Crippen molar-refractivity contribution in [1.82, 2.24) is 4.90 Å². The molecule has 0 fully saturated rings. The number of halogens is 1. The Balaban J connectivity index is 2.78. The Labute approximate surface area is 114 Å². The van der Waals surface area contributed by atoms with Crippen molar-refractivity contribution in [3.8, 4) is 6.07 Å². The maximum atomic E-state index is 8.90. The molecular formula is C14H19ClN2O. The molecule has 0 aromatic heterocycles. The Kier molecular flexibility index (Phi) is 6.14. The lowest BCUT2D eigenvalue weighted by atomic mass is 10.1. The fraction of sp³-hybridized carbons (Fsp3) is 0.500.